The Morgan fingerprint density at radius 2 is 2.00 bits per heavy atom. The molecule has 0 bridgehead atoms. The lowest BCUT2D eigenvalue weighted by molar-refractivity contribution is -0.151. The third-order valence-corrected chi connectivity index (χ3v) is 4.44. The summed E-state index contributed by atoms with van der Waals surface area (Å²) >= 11 is 6.04. The first kappa shape index (κ1) is 19.5. The van der Waals surface area contributed by atoms with Crippen LogP contribution in [0.25, 0.3) is 0 Å². The van der Waals surface area contributed by atoms with Gasteiger partial charge in [0.1, 0.15) is 6.33 Å². The van der Waals surface area contributed by atoms with E-state index >= 15 is 0 Å². The smallest absolute Gasteiger partial charge is 0.331 e. The number of amides is 1. The van der Waals surface area contributed by atoms with Crippen LogP contribution in [0.3, 0.4) is 0 Å². The van der Waals surface area contributed by atoms with Gasteiger partial charge in [0.25, 0.3) is 5.91 Å². The lowest BCUT2D eigenvalue weighted by atomic mass is 10.1. The zero-order valence-corrected chi connectivity index (χ0v) is 15.8. The highest BCUT2D eigenvalue weighted by Crippen LogP contribution is 2.20. The molecule has 144 valence electrons. The maximum Gasteiger partial charge on any atom is 0.331 e. The van der Waals surface area contributed by atoms with Crippen molar-refractivity contribution in [3.8, 4) is 0 Å². The molecule has 0 radical (unpaired) electrons. The van der Waals surface area contributed by atoms with Gasteiger partial charge in [-0.15, -0.1) is 5.10 Å². The van der Waals surface area contributed by atoms with Gasteiger partial charge in [-0.2, -0.15) is 0 Å². The molecule has 0 unspecified atom stereocenters. The van der Waals surface area contributed by atoms with Crippen molar-refractivity contribution >= 4 is 29.2 Å². The zero-order valence-electron chi connectivity index (χ0n) is 15.1. The highest BCUT2D eigenvalue weighted by Gasteiger charge is 2.24. The van der Waals surface area contributed by atoms with Crippen LogP contribution in [0.4, 0.5) is 5.69 Å². The van der Waals surface area contributed by atoms with E-state index in [1.54, 1.807) is 18.2 Å². The van der Waals surface area contributed by atoms with Crippen LogP contribution in [0.2, 0.25) is 5.02 Å². The van der Waals surface area contributed by atoms with Crippen LogP contribution in [0.5, 0.6) is 0 Å². The molecular formula is C19H18ClN5O3. The summed E-state index contributed by atoms with van der Waals surface area (Å²) < 4.78 is 6.50. The summed E-state index contributed by atoms with van der Waals surface area (Å²) in [7, 11) is 0. The number of nitrogens with zero attached hydrogens (tertiary/aromatic N) is 4. The van der Waals surface area contributed by atoms with Crippen LogP contribution in [-0.2, 0) is 20.7 Å². The van der Waals surface area contributed by atoms with Crippen LogP contribution >= 0.6 is 11.6 Å². The Labute approximate surface area is 166 Å². The van der Waals surface area contributed by atoms with Crippen molar-refractivity contribution in [2.75, 3.05) is 11.9 Å². The summed E-state index contributed by atoms with van der Waals surface area (Å²) in [6.07, 6.45) is 1.67. The number of carbonyl (C=O) groups is 2. The summed E-state index contributed by atoms with van der Waals surface area (Å²) in [6.45, 7) is 1.43. The van der Waals surface area contributed by atoms with Gasteiger partial charge in [-0.05, 0) is 40.6 Å². The second-order valence-electron chi connectivity index (χ2n) is 6.12. The number of hydrogen-bond donors (Lipinski definition) is 1. The number of hydrogen-bond acceptors (Lipinski definition) is 6. The minimum absolute atomic E-state index is 0.333. The van der Waals surface area contributed by atoms with Gasteiger partial charge in [0.2, 0.25) is 0 Å². The molecule has 1 amide bonds. The second kappa shape index (κ2) is 9.09. The van der Waals surface area contributed by atoms with E-state index < -0.39 is 24.5 Å². The number of tetrazole rings is 1. The lowest BCUT2D eigenvalue weighted by Crippen LogP contribution is -2.28. The van der Waals surface area contributed by atoms with Gasteiger partial charge in [-0.3, -0.25) is 4.79 Å². The SMILES string of the molecule is Cc1ccc(NC(=O)COC(=O)[C@@H](Cc2ccccc2)n2cnnn2)cc1Cl. The minimum atomic E-state index is -0.779. The number of halogens is 1. The zero-order chi connectivity index (χ0) is 19.9. The Kier molecular flexibility index (Phi) is 6.33. The van der Waals surface area contributed by atoms with Gasteiger partial charge in [0.05, 0.1) is 0 Å². The number of anilines is 1. The van der Waals surface area contributed by atoms with Gasteiger partial charge < -0.3 is 10.1 Å². The van der Waals surface area contributed by atoms with Gasteiger partial charge in [-0.1, -0.05) is 48.0 Å². The summed E-state index contributed by atoms with van der Waals surface area (Å²) in [5.41, 5.74) is 2.34. The van der Waals surface area contributed by atoms with Crippen molar-refractivity contribution in [2.24, 2.45) is 0 Å². The first-order valence-corrected chi connectivity index (χ1v) is 8.90. The first-order valence-electron chi connectivity index (χ1n) is 8.52. The fraction of sp³-hybridized carbons (Fsp3) is 0.211. The average Bonchev–Trinajstić information content (AvgIpc) is 3.22. The number of esters is 1. The Hall–Kier alpha value is -3.26. The summed E-state index contributed by atoms with van der Waals surface area (Å²) in [6, 6.07) is 13.8. The highest BCUT2D eigenvalue weighted by atomic mass is 35.5. The Morgan fingerprint density at radius 3 is 2.68 bits per heavy atom. The molecule has 0 spiro atoms. The Morgan fingerprint density at radius 1 is 1.21 bits per heavy atom. The predicted octanol–water partition coefficient (Wildman–Crippen LogP) is 2.60. The van der Waals surface area contributed by atoms with Crippen LogP contribution in [0.1, 0.15) is 17.2 Å². The molecule has 0 fully saturated rings. The Balaban J connectivity index is 1.61. The van der Waals surface area contributed by atoms with E-state index in [1.807, 2.05) is 37.3 Å². The molecule has 0 saturated carbocycles. The molecule has 1 N–H and O–H groups in total. The van der Waals surface area contributed by atoms with Gasteiger partial charge in [-0.25, -0.2) is 9.48 Å². The second-order valence-corrected chi connectivity index (χ2v) is 6.52. The van der Waals surface area contributed by atoms with Crippen molar-refractivity contribution in [3.05, 3.63) is 71.0 Å². The van der Waals surface area contributed by atoms with Gasteiger partial charge >= 0.3 is 5.97 Å². The number of aromatic nitrogens is 4. The van der Waals surface area contributed by atoms with Gasteiger partial charge in [0.15, 0.2) is 12.6 Å². The van der Waals surface area contributed by atoms with Crippen LogP contribution in [-0.4, -0.2) is 38.7 Å². The summed E-state index contributed by atoms with van der Waals surface area (Å²) in [5, 5.41) is 14.1. The molecule has 1 heterocycles. The largest absolute Gasteiger partial charge is 0.454 e. The monoisotopic (exact) mass is 399 g/mol. The maximum atomic E-state index is 12.6. The fourth-order valence-corrected chi connectivity index (χ4v) is 2.71. The van der Waals surface area contributed by atoms with E-state index in [9.17, 15) is 9.59 Å². The van der Waals surface area contributed by atoms with Gasteiger partial charge in [0, 0.05) is 17.1 Å². The summed E-state index contributed by atoms with van der Waals surface area (Å²) in [4.78, 5) is 24.7. The van der Waals surface area contributed by atoms with E-state index in [4.69, 9.17) is 16.3 Å². The normalized spacial score (nSPS) is 11.6. The number of rotatable bonds is 7. The van der Waals surface area contributed by atoms with Crippen molar-refractivity contribution in [1.29, 1.82) is 0 Å². The number of nitrogens with one attached hydrogen (secondary N) is 1. The van der Waals surface area contributed by atoms with E-state index in [0.29, 0.717) is 17.1 Å². The van der Waals surface area contributed by atoms with E-state index in [1.165, 1.54) is 11.0 Å². The quantitative estimate of drug-likeness (QED) is 0.613. The van der Waals surface area contributed by atoms with Crippen molar-refractivity contribution in [1.82, 2.24) is 20.2 Å². The molecule has 3 rings (SSSR count). The maximum absolute atomic E-state index is 12.6. The molecule has 0 aliphatic carbocycles. The third-order valence-electron chi connectivity index (χ3n) is 4.03. The van der Waals surface area contributed by atoms with E-state index in [0.717, 1.165) is 11.1 Å². The molecular weight excluding hydrogens is 382 g/mol. The fourth-order valence-electron chi connectivity index (χ4n) is 2.53. The molecule has 9 heteroatoms. The first-order chi connectivity index (χ1) is 13.5. The van der Waals surface area contributed by atoms with E-state index in [-0.39, 0.29) is 0 Å². The number of benzene rings is 2. The average molecular weight is 400 g/mol. The van der Waals surface area contributed by atoms with Crippen LogP contribution in [0.15, 0.2) is 54.9 Å². The minimum Gasteiger partial charge on any atom is -0.454 e. The lowest BCUT2D eigenvalue weighted by Gasteiger charge is -2.15. The van der Waals surface area contributed by atoms with Crippen molar-refractivity contribution in [2.45, 2.75) is 19.4 Å². The molecule has 1 atom stereocenters. The van der Waals surface area contributed by atoms with Crippen LogP contribution in [0, 0.1) is 6.92 Å². The van der Waals surface area contributed by atoms with Crippen LogP contribution < -0.4 is 5.32 Å². The topological polar surface area (TPSA) is 99.0 Å². The number of ether oxygens (including phenoxy) is 1. The molecule has 0 aliphatic heterocycles. The third kappa shape index (κ3) is 5.14. The molecule has 8 nitrogen and oxygen atoms in total. The Bertz CT molecular complexity index is 947. The number of aryl methyl sites for hydroxylation is 1. The summed E-state index contributed by atoms with van der Waals surface area (Å²) in [5.74, 6) is -1.07. The molecule has 0 saturated heterocycles. The molecule has 2 aromatic carbocycles. The molecule has 28 heavy (non-hydrogen) atoms. The molecule has 3 aromatic rings. The van der Waals surface area contributed by atoms with Crippen molar-refractivity contribution in [3.63, 3.8) is 0 Å². The van der Waals surface area contributed by atoms with E-state index in [2.05, 4.69) is 20.8 Å². The van der Waals surface area contributed by atoms with Crippen molar-refractivity contribution < 1.29 is 14.3 Å². The standard InChI is InChI=1S/C19H18ClN5O3/c1-13-7-8-15(10-16(13)20)22-18(26)11-28-19(27)17(25-12-21-23-24-25)9-14-5-3-2-4-6-14/h2-8,10,12,17H,9,11H2,1H3,(H,22,26)/t17-/m1/s1. The predicted molar refractivity (Wildman–Crippen MR) is 103 cm³/mol. The molecule has 0 aliphatic rings. The molecule has 1 aromatic heterocycles. The number of carbonyl (C=O) groups excluding carboxylic acids is 2. The highest BCUT2D eigenvalue weighted by molar-refractivity contribution is 6.31.